The van der Waals surface area contributed by atoms with Crippen LogP contribution in [0.5, 0.6) is 0 Å². The summed E-state index contributed by atoms with van der Waals surface area (Å²) in [7, 11) is 1.19. The van der Waals surface area contributed by atoms with E-state index in [0.717, 1.165) is 6.26 Å². The molecular weight excluding hydrogens is 374 g/mol. The normalized spacial score (nSPS) is 13.7. The van der Waals surface area contributed by atoms with Gasteiger partial charge in [-0.1, -0.05) is 19.3 Å². The third kappa shape index (κ3) is 7.19. The predicted molar refractivity (Wildman–Crippen MR) is 97.4 cm³/mol. The SMILES string of the molecule is COC(=O)C(CCCN=C(N)N[N+](=O)[O-])NC(=O)c1coc(C(N)C(C)C)n1. The summed E-state index contributed by atoms with van der Waals surface area (Å²) in [5.74, 6) is -1.36. The molecule has 1 heterocycles. The van der Waals surface area contributed by atoms with Gasteiger partial charge in [-0.05, 0) is 18.8 Å². The van der Waals surface area contributed by atoms with E-state index in [1.165, 1.54) is 7.11 Å². The van der Waals surface area contributed by atoms with Crippen molar-refractivity contribution in [3.8, 4) is 0 Å². The lowest BCUT2D eigenvalue weighted by Gasteiger charge is -2.15. The van der Waals surface area contributed by atoms with Gasteiger partial charge in [0.2, 0.25) is 5.89 Å². The zero-order chi connectivity index (χ0) is 21.3. The maximum absolute atomic E-state index is 12.3. The van der Waals surface area contributed by atoms with Crippen molar-refractivity contribution in [2.45, 2.75) is 38.8 Å². The van der Waals surface area contributed by atoms with E-state index < -0.39 is 29.0 Å². The quantitative estimate of drug-likeness (QED) is 0.0989. The van der Waals surface area contributed by atoms with Gasteiger partial charge in [0.1, 0.15) is 12.3 Å². The molecule has 6 N–H and O–H groups in total. The highest BCUT2D eigenvalue weighted by Crippen LogP contribution is 2.18. The summed E-state index contributed by atoms with van der Waals surface area (Å²) in [6, 6.07) is -1.43. The standard InChI is InChI=1S/C15H25N7O6/c1-8(2)11(16)13-20-10(7-28-13)12(23)19-9(14(24)27-3)5-4-6-18-15(17)21-22(25)26/h7-9,11H,4-6,16H2,1-3H3,(H,19,23)(H3,17,18,21). The average Bonchev–Trinajstić information content (AvgIpc) is 3.12. The summed E-state index contributed by atoms with van der Waals surface area (Å²) < 4.78 is 9.90. The first-order valence-electron chi connectivity index (χ1n) is 8.46. The van der Waals surface area contributed by atoms with Crippen LogP contribution in [0.2, 0.25) is 0 Å². The van der Waals surface area contributed by atoms with Gasteiger partial charge in [0, 0.05) is 6.54 Å². The molecule has 0 aliphatic carbocycles. The maximum atomic E-state index is 12.3. The number of hydrogen-bond acceptors (Lipinski definition) is 9. The van der Waals surface area contributed by atoms with E-state index in [1.54, 1.807) is 5.43 Å². The molecule has 0 fully saturated rings. The molecule has 0 saturated carbocycles. The fraction of sp³-hybridized carbons (Fsp3) is 0.600. The smallest absolute Gasteiger partial charge is 0.328 e. The lowest BCUT2D eigenvalue weighted by Crippen LogP contribution is -2.42. The summed E-state index contributed by atoms with van der Waals surface area (Å²) in [4.78, 5) is 42.2. The van der Waals surface area contributed by atoms with E-state index in [2.05, 4.69) is 20.0 Å². The number of carbonyl (C=O) groups is 2. The van der Waals surface area contributed by atoms with E-state index in [1.807, 2.05) is 13.8 Å². The second-order valence-corrected chi connectivity index (χ2v) is 6.17. The Labute approximate surface area is 161 Å². The molecule has 0 radical (unpaired) electrons. The van der Waals surface area contributed by atoms with Crippen LogP contribution in [0, 0.1) is 16.0 Å². The Kier molecular flexibility index (Phi) is 8.81. The molecule has 0 saturated heterocycles. The molecule has 2 unspecified atom stereocenters. The van der Waals surface area contributed by atoms with Crippen molar-refractivity contribution in [1.82, 2.24) is 15.7 Å². The first kappa shape index (κ1) is 22.8. The molecule has 0 aliphatic heterocycles. The molecule has 28 heavy (non-hydrogen) atoms. The van der Waals surface area contributed by atoms with E-state index in [4.69, 9.17) is 15.9 Å². The molecule has 0 bridgehead atoms. The van der Waals surface area contributed by atoms with Gasteiger partial charge in [-0.2, -0.15) is 0 Å². The Balaban J connectivity index is 2.67. The minimum absolute atomic E-state index is 0.0162. The summed E-state index contributed by atoms with van der Waals surface area (Å²) in [6.45, 7) is 3.88. The topological polar surface area (TPSA) is 201 Å². The van der Waals surface area contributed by atoms with Crippen LogP contribution in [-0.4, -0.2) is 47.5 Å². The van der Waals surface area contributed by atoms with Crippen molar-refractivity contribution in [2.24, 2.45) is 22.4 Å². The predicted octanol–water partition coefficient (Wildman–Crippen LogP) is -0.522. The number of methoxy groups -OCH3 is 1. The van der Waals surface area contributed by atoms with Crippen molar-refractivity contribution < 1.29 is 23.8 Å². The van der Waals surface area contributed by atoms with Gasteiger partial charge in [-0.25, -0.2) is 24.9 Å². The monoisotopic (exact) mass is 399 g/mol. The number of rotatable bonds is 10. The van der Waals surface area contributed by atoms with Gasteiger partial charge in [0.15, 0.2) is 10.7 Å². The Bertz CT molecular complexity index is 717. The second-order valence-electron chi connectivity index (χ2n) is 6.17. The highest BCUT2D eigenvalue weighted by molar-refractivity contribution is 5.94. The number of nitro groups is 1. The third-order valence-corrected chi connectivity index (χ3v) is 3.69. The Morgan fingerprint density at radius 3 is 2.71 bits per heavy atom. The zero-order valence-corrected chi connectivity index (χ0v) is 15.9. The van der Waals surface area contributed by atoms with Crippen molar-refractivity contribution in [2.75, 3.05) is 13.7 Å². The number of aliphatic imine (C=N–C) groups is 1. The first-order valence-corrected chi connectivity index (χ1v) is 8.46. The number of ether oxygens (including phenoxy) is 1. The second kappa shape index (κ2) is 10.8. The zero-order valence-electron chi connectivity index (χ0n) is 15.9. The Hall–Kier alpha value is -3.22. The molecule has 1 aromatic heterocycles. The number of guanidine groups is 1. The largest absolute Gasteiger partial charge is 0.467 e. The number of carbonyl (C=O) groups excluding carboxylic acids is 2. The molecule has 0 aromatic carbocycles. The van der Waals surface area contributed by atoms with Crippen molar-refractivity contribution >= 4 is 17.8 Å². The number of amides is 1. The summed E-state index contributed by atoms with van der Waals surface area (Å²) in [5.41, 5.74) is 12.9. The van der Waals surface area contributed by atoms with E-state index >= 15 is 0 Å². The number of nitrogens with zero attached hydrogens (tertiary/aromatic N) is 3. The fourth-order valence-electron chi connectivity index (χ4n) is 2.08. The van der Waals surface area contributed by atoms with Crippen LogP contribution in [0.15, 0.2) is 15.7 Å². The first-order chi connectivity index (χ1) is 13.1. The van der Waals surface area contributed by atoms with Crippen LogP contribution in [0.25, 0.3) is 0 Å². The van der Waals surface area contributed by atoms with Crippen molar-refractivity contribution in [3.05, 3.63) is 28.0 Å². The van der Waals surface area contributed by atoms with Crippen LogP contribution in [0.1, 0.15) is 49.1 Å². The fourth-order valence-corrected chi connectivity index (χ4v) is 2.08. The molecule has 0 spiro atoms. The molecule has 1 aromatic rings. The van der Waals surface area contributed by atoms with Gasteiger partial charge >= 0.3 is 5.97 Å². The summed E-state index contributed by atoms with van der Waals surface area (Å²) >= 11 is 0. The van der Waals surface area contributed by atoms with Crippen LogP contribution in [0.4, 0.5) is 0 Å². The number of nitrogens with one attached hydrogen (secondary N) is 2. The van der Waals surface area contributed by atoms with Crippen LogP contribution >= 0.6 is 0 Å². The van der Waals surface area contributed by atoms with Crippen LogP contribution < -0.4 is 22.2 Å². The summed E-state index contributed by atoms with van der Waals surface area (Å²) in [5, 5.41) is 11.9. The van der Waals surface area contributed by atoms with Gasteiger partial charge in [-0.15, -0.1) is 0 Å². The molecule has 13 nitrogen and oxygen atoms in total. The Morgan fingerprint density at radius 1 is 1.46 bits per heavy atom. The van der Waals surface area contributed by atoms with Crippen LogP contribution in [0.3, 0.4) is 0 Å². The molecular formula is C15H25N7O6. The molecule has 0 aliphatic rings. The van der Waals surface area contributed by atoms with Gasteiger partial charge in [0.25, 0.3) is 11.9 Å². The van der Waals surface area contributed by atoms with Gasteiger partial charge in [0.05, 0.1) is 13.2 Å². The maximum Gasteiger partial charge on any atom is 0.328 e. The number of aromatic nitrogens is 1. The molecule has 1 rings (SSSR count). The van der Waals surface area contributed by atoms with Gasteiger partial charge < -0.3 is 25.9 Å². The average molecular weight is 399 g/mol. The van der Waals surface area contributed by atoms with E-state index in [-0.39, 0.29) is 36.4 Å². The number of nitrogens with two attached hydrogens (primary N) is 2. The van der Waals surface area contributed by atoms with Crippen molar-refractivity contribution in [1.29, 1.82) is 0 Å². The lowest BCUT2D eigenvalue weighted by molar-refractivity contribution is -0.525. The van der Waals surface area contributed by atoms with E-state index in [9.17, 15) is 19.7 Å². The van der Waals surface area contributed by atoms with Crippen molar-refractivity contribution in [3.63, 3.8) is 0 Å². The van der Waals surface area contributed by atoms with E-state index in [0.29, 0.717) is 6.42 Å². The number of hydrazine groups is 1. The minimum Gasteiger partial charge on any atom is -0.467 e. The van der Waals surface area contributed by atoms with Crippen LogP contribution in [-0.2, 0) is 9.53 Å². The molecule has 13 heteroatoms. The minimum atomic E-state index is -0.962. The lowest BCUT2D eigenvalue weighted by atomic mass is 10.1. The third-order valence-electron chi connectivity index (χ3n) is 3.69. The molecule has 156 valence electrons. The highest BCUT2D eigenvalue weighted by Gasteiger charge is 2.25. The number of hydrogen-bond donors (Lipinski definition) is 4. The summed E-state index contributed by atoms with van der Waals surface area (Å²) in [6.07, 6.45) is 1.64. The number of oxazole rings is 1. The number of esters is 1. The molecule has 1 amide bonds. The Morgan fingerprint density at radius 2 is 2.14 bits per heavy atom. The van der Waals surface area contributed by atoms with Gasteiger partial charge in [-0.3, -0.25) is 4.79 Å². The molecule has 2 atom stereocenters. The highest BCUT2D eigenvalue weighted by atomic mass is 16.7.